The summed E-state index contributed by atoms with van der Waals surface area (Å²) in [5, 5.41) is 11.8. The molecule has 0 saturated carbocycles. The van der Waals surface area contributed by atoms with Crippen molar-refractivity contribution in [2.45, 2.75) is 26.8 Å². The number of carbonyl (C=O) groups excluding carboxylic acids is 1. The number of ether oxygens (including phenoxy) is 1. The molecule has 0 bridgehead atoms. The van der Waals surface area contributed by atoms with Gasteiger partial charge in [-0.05, 0) is 36.8 Å². The highest BCUT2D eigenvalue weighted by Gasteiger charge is 2.37. The fourth-order valence-electron chi connectivity index (χ4n) is 2.85. The van der Waals surface area contributed by atoms with Gasteiger partial charge in [-0.15, -0.1) is 0 Å². The lowest BCUT2D eigenvalue weighted by Gasteiger charge is -2.34. The third-order valence-electron chi connectivity index (χ3n) is 4.03. The Morgan fingerprint density at radius 2 is 1.96 bits per heavy atom. The van der Waals surface area contributed by atoms with Crippen LogP contribution in [0.3, 0.4) is 0 Å². The lowest BCUT2D eigenvalue weighted by atomic mass is 9.94. The van der Waals surface area contributed by atoms with Gasteiger partial charge in [-0.25, -0.2) is 4.79 Å². The first-order valence-corrected chi connectivity index (χ1v) is 7.50. The summed E-state index contributed by atoms with van der Waals surface area (Å²) in [6.45, 7) is 5.98. The Morgan fingerprint density at radius 1 is 1.26 bits per heavy atom. The summed E-state index contributed by atoms with van der Waals surface area (Å²) in [5.41, 5.74) is 3.40. The Kier molecular flexibility index (Phi) is 3.85. The van der Waals surface area contributed by atoms with Crippen molar-refractivity contribution in [2.75, 3.05) is 18.6 Å². The Bertz CT molecular complexity index is 763. The maximum atomic E-state index is 12.5. The number of tetrazole rings is 1. The van der Waals surface area contributed by atoms with Gasteiger partial charge in [0, 0.05) is 7.05 Å². The summed E-state index contributed by atoms with van der Waals surface area (Å²) >= 11 is 0. The number of anilines is 1. The second kappa shape index (κ2) is 5.83. The summed E-state index contributed by atoms with van der Waals surface area (Å²) in [7, 11) is 1.87. The van der Waals surface area contributed by atoms with Crippen molar-refractivity contribution >= 4 is 17.6 Å². The highest BCUT2D eigenvalue weighted by molar-refractivity contribution is 5.97. The van der Waals surface area contributed by atoms with Gasteiger partial charge in [0.15, 0.2) is 0 Å². The minimum Gasteiger partial charge on any atom is -0.463 e. The summed E-state index contributed by atoms with van der Waals surface area (Å²) in [6, 6.07) is 7.80. The van der Waals surface area contributed by atoms with Crippen molar-refractivity contribution in [3.8, 4) is 0 Å². The third kappa shape index (κ3) is 2.48. The summed E-state index contributed by atoms with van der Waals surface area (Å²) < 4.78 is 6.83. The maximum Gasteiger partial charge on any atom is 0.338 e. The molecule has 0 radical (unpaired) electrons. The molecule has 0 N–H and O–H groups in total. The number of benzene rings is 1. The van der Waals surface area contributed by atoms with Crippen molar-refractivity contribution < 1.29 is 9.53 Å². The van der Waals surface area contributed by atoms with Crippen LogP contribution in [0.2, 0.25) is 0 Å². The van der Waals surface area contributed by atoms with E-state index < -0.39 is 0 Å². The second-order valence-corrected chi connectivity index (χ2v) is 5.53. The van der Waals surface area contributed by atoms with Crippen LogP contribution in [0.1, 0.15) is 31.0 Å². The molecule has 1 unspecified atom stereocenters. The fourth-order valence-corrected chi connectivity index (χ4v) is 2.85. The molecule has 2 heterocycles. The largest absolute Gasteiger partial charge is 0.463 e. The maximum absolute atomic E-state index is 12.5. The second-order valence-electron chi connectivity index (χ2n) is 5.53. The van der Waals surface area contributed by atoms with Gasteiger partial charge in [0.2, 0.25) is 0 Å². The van der Waals surface area contributed by atoms with Crippen molar-refractivity contribution in [3.05, 3.63) is 41.0 Å². The zero-order valence-corrected chi connectivity index (χ0v) is 13.6. The van der Waals surface area contributed by atoms with Crippen LogP contribution in [-0.4, -0.2) is 39.8 Å². The van der Waals surface area contributed by atoms with E-state index in [1.54, 1.807) is 11.6 Å². The molecule has 1 aliphatic rings. The smallest absolute Gasteiger partial charge is 0.338 e. The van der Waals surface area contributed by atoms with E-state index in [4.69, 9.17) is 4.74 Å². The molecular weight excluding hydrogens is 294 g/mol. The molecule has 0 amide bonds. The minimum atomic E-state index is -0.344. The third-order valence-corrected chi connectivity index (χ3v) is 4.03. The molecule has 23 heavy (non-hydrogen) atoms. The average molecular weight is 313 g/mol. The molecule has 7 heteroatoms. The van der Waals surface area contributed by atoms with E-state index in [1.165, 1.54) is 0 Å². The van der Waals surface area contributed by atoms with Crippen LogP contribution in [0, 0.1) is 6.92 Å². The van der Waals surface area contributed by atoms with E-state index in [9.17, 15) is 4.79 Å². The van der Waals surface area contributed by atoms with E-state index >= 15 is 0 Å². The quantitative estimate of drug-likeness (QED) is 0.807. The van der Waals surface area contributed by atoms with Gasteiger partial charge in [-0.2, -0.15) is 4.68 Å². The van der Waals surface area contributed by atoms with Crippen LogP contribution in [0.15, 0.2) is 29.8 Å². The van der Waals surface area contributed by atoms with E-state index in [-0.39, 0.29) is 12.0 Å². The lowest BCUT2D eigenvalue weighted by Crippen LogP contribution is -2.36. The number of nitrogens with zero attached hydrogens (tertiary/aromatic N) is 5. The first-order chi connectivity index (χ1) is 11.0. The van der Waals surface area contributed by atoms with E-state index in [0.29, 0.717) is 23.8 Å². The average Bonchev–Trinajstić information content (AvgIpc) is 3.02. The Balaban J connectivity index is 2.17. The molecule has 0 aliphatic carbocycles. The predicted molar refractivity (Wildman–Crippen MR) is 85.7 cm³/mol. The number of aryl methyl sites for hydroxylation is 1. The van der Waals surface area contributed by atoms with Crippen molar-refractivity contribution in [1.82, 2.24) is 20.2 Å². The highest BCUT2D eigenvalue weighted by atomic mass is 16.5. The molecule has 120 valence electrons. The zero-order valence-electron chi connectivity index (χ0n) is 13.6. The van der Waals surface area contributed by atoms with Gasteiger partial charge < -0.3 is 9.64 Å². The molecule has 3 rings (SSSR count). The molecule has 7 nitrogen and oxygen atoms in total. The fraction of sp³-hybridized carbons (Fsp3) is 0.375. The van der Waals surface area contributed by atoms with Crippen molar-refractivity contribution in [2.24, 2.45) is 0 Å². The summed E-state index contributed by atoms with van der Waals surface area (Å²) in [4.78, 5) is 14.4. The monoisotopic (exact) mass is 313 g/mol. The molecule has 1 aliphatic heterocycles. The number of fused-ring (bicyclic) bond motifs is 1. The van der Waals surface area contributed by atoms with E-state index in [0.717, 1.165) is 11.1 Å². The molecule has 0 fully saturated rings. The van der Waals surface area contributed by atoms with Gasteiger partial charge in [0.25, 0.3) is 5.95 Å². The van der Waals surface area contributed by atoms with Crippen LogP contribution in [0.25, 0.3) is 5.70 Å². The molecule has 0 spiro atoms. The first kappa shape index (κ1) is 15.2. The van der Waals surface area contributed by atoms with Crippen LogP contribution in [-0.2, 0) is 9.53 Å². The molecule has 1 atom stereocenters. The summed E-state index contributed by atoms with van der Waals surface area (Å²) in [6.07, 6.45) is 0. The molecule has 1 aromatic heterocycles. The van der Waals surface area contributed by atoms with Crippen LogP contribution < -0.4 is 4.90 Å². The van der Waals surface area contributed by atoms with E-state index in [2.05, 4.69) is 15.5 Å². The topological polar surface area (TPSA) is 73.1 Å². The van der Waals surface area contributed by atoms with Gasteiger partial charge in [0.05, 0.1) is 23.9 Å². The van der Waals surface area contributed by atoms with Crippen LogP contribution in [0.4, 0.5) is 5.95 Å². The molecule has 1 aromatic carbocycles. The SMILES string of the molecule is CCOC(=O)C1=C(C)n2nnnc2N(C)C1c1ccc(C)cc1. The standard InChI is InChI=1S/C16H19N5O2/c1-5-23-15(22)13-11(3)21-16(17-18-19-21)20(4)14(13)12-8-6-10(2)7-9-12/h6-9,14H,5H2,1-4H3. The number of hydrogen-bond donors (Lipinski definition) is 0. The normalized spacial score (nSPS) is 17.2. The van der Waals surface area contributed by atoms with Gasteiger partial charge in [-0.1, -0.05) is 34.9 Å². The van der Waals surface area contributed by atoms with Crippen LogP contribution in [0.5, 0.6) is 0 Å². The minimum absolute atomic E-state index is 0.284. The Hall–Kier alpha value is -2.70. The molecule has 2 aromatic rings. The lowest BCUT2D eigenvalue weighted by molar-refractivity contribution is -0.138. The van der Waals surface area contributed by atoms with Crippen LogP contribution >= 0.6 is 0 Å². The Morgan fingerprint density at radius 3 is 2.61 bits per heavy atom. The van der Waals surface area contributed by atoms with Crippen molar-refractivity contribution in [3.63, 3.8) is 0 Å². The number of allylic oxidation sites excluding steroid dienone is 1. The number of carbonyl (C=O) groups is 1. The predicted octanol–water partition coefficient (Wildman–Crippen LogP) is 1.97. The Labute approximate surface area is 134 Å². The molecule has 0 saturated heterocycles. The van der Waals surface area contributed by atoms with Gasteiger partial charge in [-0.3, -0.25) is 0 Å². The number of esters is 1. The number of rotatable bonds is 3. The highest BCUT2D eigenvalue weighted by Crippen LogP contribution is 2.38. The summed E-state index contributed by atoms with van der Waals surface area (Å²) in [5.74, 6) is 0.254. The number of hydrogen-bond acceptors (Lipinski definition) is 6. The molecular formula is C16H19N5O2. The van der Waals surface area contributed by atoms with Gasteiger partial charge in [0.1, 0.15) is 0 Å². The van der Waals surface area contributed by atoms with Crippen molar-refractivity contribution in [1.29, 1.82) is 0 Å². The number of aromatic nitrogens is 4. The number of likely N-dealkylation sites (N-methyl/N-ethyl adjacent to an activating group) is 1. The zero-order chi connectivity index (χ0) is 16.6. The first-order valence-electron chi connectivity index (χ1n) is 7.50. The van der Waals surface area contributed by atoms with E-state index in [1.807, 2.05) is 50.1 Å². The van der Waals surface area contributed by atoms with Gasteiger partial charge >= 0.3 is 5.97 Å².